The van der Waals surface area contributed by atoms with E-state index >= 15 is 0 Å². The van der Waals surface area contributed by atoms with Gasteiger partial charge in [0.2, 0.25) is 0 Å². The Kier molecular flexibility index (Phi) is 3.17. The second-order valence-corrected chi connectivity index (χ2v) is 8.54. The fraction of sp³-hybridized carbons (Fsp3) is 0.471. The molecule has 4 nitrogen and oxygen atoms in total. The molecule has 0 spiro atoms. The minimum absolute atomic E-state index is 0.0374. The van der Waals surface area contributed by atoms with Crippen molar-refractivity contribution in [3.05, 3.63) is 35.4 Å². The Hall–Kier alpha value is -1.46. The van der Waals surface area contributed by atoms with E-state index in [0.717, 1.165) is 24.0 Å². The molecule has 2 fully saturated rings. The second kappa shape index (κ2) is 4.52. The number of hydrogen-bond acceptors (Lipinski definition) is 3. The van der Waals surface area contributed by atoms with Crippen LogP contribution in [0.2, 0.25) is 0 Å². The lowest BCUT2D eigenvalue weighted by molar-refractivity contribution is -0.125. The summed E-state index contributed by atoms with van der Waals surface area (Å²) >= 11 is 0. The fourth-order valence-electron chi connectivity index (χ4n) is 4.01. The molecule has 2 saturated carbocycles. The number of rotatable bonds is 2. The molecule has 2 aliphatic carbocycles. The molecule has 2 aliphatic rings. The number of benzene rings is 1. The van der Waals surface area contributed by atoms with Crippen LogP contribution in [-0.4, -0.2) is 18.8 Å². The number of ketones is 1. The van der Waals surface area contributed by atoms with E-state index in [1.165, 1.54) is 12.1 Å². The van der Waals surface area contributed by atoms with E-state index in [4.69, 9.17) is 4.55 Å². The number of carbonyl (C=O) groups excluding carboxylic acids is 1. The van der Waals surface area contributed by atoms with Crippen molar-refractivity contribution in [2.24, 2.45) is 16.7 Å². The van der Waals surface area contributed by atoms with Crippen molar-refractivity contribution in [1.82, 2.24) is 0 Å². The lowest BCUT2D eigenvalue weighted by Gasteiger charge is -2.31. The third-order valence-electron chi connectivity index (χ3n) is 5.87. The van der Waals surface area contributed by atoms with Gasteiger partial charge in [0.25, 0.3) is 10.1 Å². The molecule has 118 valence electrons. The van der Waals surface area contributed by atoms with E-state index in [1.54, 1.807) is 12.1 Å². The summed E-state index contributed by atoms with van der Waals surface area (Å²) in [5.41, 5.74) is 1.29. The summed E-state index contributed by atoms with van der Waals surface area (Å²) in [4.78, 5) is 12.6. The van der Waals surface area contributed by atoms with Crippen LogP contribution in [0.25, 0.3) is 6.08 Å². The van der Waals surface area contributed by atoms with Crippen LogP contribution in [0.4, 0.5) is 0 Å². The molecular weight excluding hydrogens is 300 g/mol. The largest absolute Gasteiger partial charge is 0.294 e. The Morgan fingerprint density at radius 3 is 2.23 bits per heavy atom. The zero-order valence-electron chi connectivity index (χ0n) is 13.0. The Bertz CT molecular complexity index is 771. The molecule has 2 atom stereocenters. The Morgan fingerprint density at radius 2 is 1.77 bits per heavy atom. The van der Waals surface area contributed by atoms with Crippen molar-refractivity contribution >= 4 is 22.0 Å². The number of Topliss-reactive ketones (excluding diaryl/α,β-unsaturated/α-hetero) is 1. The van der Waals surface area contributed by atoms with Crippen molar-refractivity contribution in [3.63, 3.8) is 0 Å². The van der Waals surface area contributed by atoms with Gasteiger partial charge in [0.05, 0.1) is 4.90 Å². The van der Waals surface area contributed by atoms with Gasteiger partial charge < -0.3 is 0 Å². The molecule has 0 aliphatic heterocycles. The van der Waals surface area contributed by atoms with Crippen LogP contribution in [-0.2, 0) is 14.9 Å². The van der Waals surface area contributed by atoms with E-state index < -0.39 is 10.1 Å². The van der Waals surface area contributed by atoms with Gasteiger partial charge in [0.1, 0.15) is 0 Å². The van der Waals surface area contributed by atoms with Gasteiger partial charge in [-0.05, 0) is 53.5 Å². The zero-order chi connectivity index (χ0) is 16.3. The van der Waals surface area contributed by atoms with E-state index in [2.05, 4.69) is 20.8 Å². The molecule has 2 bridgehead atoms. The highest BCUT2D eigenvalue weighted by Gasteiger charge is 2.63. The zero-order valence-corrected chi connectivity index (χ0v) is 13.8. The number of carbonyl (C=O) groups is 1. The van der Waals surface area contributed by atoms with Gasteiger partial charge in [-0.25, -0.2) is 0 Å². The van der Waals surface area contributed by atoms with Gasteiger partial charge in [-0.3, -0.25) is 9.35 Å². The topological polar surface area (TPSA) is 71.4 Å². The first kappa shape index (κ1) is 15.4. The van der Waals surface area contributed by atoms with Crippen molar-refractivity contribution in [3.8, 4) is 0 Å². The molecule has 0 unspecified atom stereocenters. The van der Waals surface area contributed by atoms with Crippen LogP contribution in [0.5, 0.6) is 0 Å². The molecule has 0 heterocycles. The van der Waals surface area contributed by atoms with Crippen molar-refractivity contribution in [2.75, 3.05) is 0 Å². The molecule has 1 N–H and O–H groups in total. The molecular formula is C17H20O4S. The predicted octanol–water partition coefficient (Wildman–Crippen LogP) is 3.34. The Labute approximate surface area is 131 Å². The summed E-state index contributed by atoms with van der Waals surface area (Å²) in [5.74, 6) is 0.471. The molecule has 0 saturated heterocycles. The molecule has 22 heavy (non-hydrogen) atoms. The van der Waals surface area contributed by atoms with Gasteiger partial charge >= 0.3 is 0 Å². The van der Waals surface area contributed by atoms with E-state index in [-0.39, 0.29) is 27.4 Å². The third kappa shape index (κ3) is 1.99. The van der Waals surface area contributed by atoms with E-state index in [9.17, 15) is 13.2 Å². The Morgan fingerprint density at radius 1 is 1.18 bits per heavy atom. The van der Waals surface area contributed by atoms with E-state index in [1.807, 2.05) is 6.08 Å². The molecule has 3 rings (SSSR count). The fourth-order valence-corrected chi connectivity index (χ4v) is 4.49. The molecule has 0 radical (unpaired) electrons. The Balaban J connectivity index is 1.99. The van der Waals surface area contributed by atoms with Crippen molar-refractivity contribution < 1.29 is 17.8 Å². The quantitative estimate of drug-likeness (QED) is 0.670. The van der Waals surface area contributed by atoms with Crippen LogP contribution < -0.4 is 0 Å². The maximum atomic E-state index is 12.7. The van der Waals surface area contributed by atoms with Crippen LogP contribution in [0.15, 0.2) is 34.7 Å². The molecule has 5 heteroatoms. The summed E-state index contributed by atoms with van der Waals surface area (Å²) in [7, 11) is -4.18. The predicted molar refractivity (Wildman–Crippen MR) is 83.9 cm³/mol. The first-order valence-corrected chi connectivity index (χ1v) is 8.85. The first-order valence-electron chi connectivity index (χ1n) is 7.41. The maximum Gasteiger partial charge on any atom is 0.294 e. The smallest absolute Gasteiger partial charge is 0.294 e. The van der Waals surface area contributed by atoms with Crippen molar-refractivity contribution in [2.45, 2.75) is 38.5 Å². The van der Waals surface area contributed by atoms with Gasteiger partial charge in [-0.1, -0.05) is 32.9 Å². The first-order chi connectivity index (χ1) is 10.1. The standard InChI is InChI=1S/C17H20O4S/c1-16(2)14-8-9-17(16,3)15(18)13(14)10-11-4-6-12(7-5-11)22(19,20)21/h4-7,10,14H,8-9H2,1-3H3,(H,19,20,21)/b13-10-/t14-,17-/m1/s1. The summed E-state index contributed by atoms with van der Waals surface area (Å²) in [5, 5.41) is 0. The highest BCUT2D eigenvalue weighted by atomic mass is 32.2. The average molecular weight is 320 g/mol. The molecule has 1 aromatic rings. The van der Waals surface area contributed by atoms with Gasteiger partial charge in [0, 0.05) is 5.41 Å². The minimum atomic E-state index is -4.18. The minimum Gasteiger partial charge on any atom is -0.294 e. The van der Waals surface area contributed by atoms with Crippen molar-refractivity contribution in [1.29, 1.82) is 0 Å². The number of fused-ring (bicyclic) bond motifs is 2. The van der Waals surface area contributed by atoms with Gasteiger partial charge in [0.15, 0.2) is 5.78 Å². The van der Waals surface area contributed by atoms with E-state index in [0.29, 0.717) is 0 Å². The number of hydrogen-bond donors (Lipinski definition) is 1. The SMILES string of the molecule is CC1(C)[C@@H]2CC[C@]1(C)C(=O)/C2=C\c1ccc(S(=O)(=O)O)cc1. The van der Waals surface area contributed by atoms with Crippen LogP contribution >= 0.6 is 0 Å². The molecule has 0 amide bonds. The van der Waals surface area contributed by atoms with Gasteiger partial charge in [-0.2, -0.15) is 8.42 Å². The summed E-state index contributed by atoms with van der Waals surface area (Å²) in [6.45, 7) is 6.37. The summed E-state index contributed by atoms with van der Waals surface area (Å²) in [6.07, 6.45) is 3.82. The monoisotopic (exact) mass is 320 g/mol. The van der Waals surface area contributed by atoms with Crippen LogP contribution in [0, 0.1) is 16.7 Å². The highest BCUT2D eigenvalue weighted by molar-refractivity contribution is 7.85. The third-order valence-corrected chi connectivity index (χ3v) is 6.73. The van der Waals surface area contributed by atoms with Crippen LogP contribution in [0.3, 0.4) is 0 Å². The normalized spacial score (nSPS) is 31.9. The molecule has 0 aromatic heterocycles. The summed E-state index contributed by atoms with van der Waals surface area (Å²) in [6, 6.07) is 5.94. The lowest BCUT2D eigenvalue weighted by atomic mass is 9.70. The van der Waals surface area contributed by atoms with Crippen LogP contribution in [0.1, 0.15) is 39.2 Å². The highest BCUT2D eigenvalue weighted by Crippen LogP contribution is 2.65. The molecule has 1 aromatic carbocycles. The maximum absolute atomic E-state index is 12.7. The average Bonchev–Trinajstić information content (AvgIpc) is 2.73. The van der Waals surface area contributed by atoms with Gasteiger partial charge in [-0.15, -0.1) is 0 Å². The second-order valence-electron chi connectivity index (χ2n) is 7.12. The number of allylic oxidation sites excluding steroid dienone is 1. The lowest BCUT2D eigenvalue weighted by Crippen LogP contribution is -2.32. The summed E-state index contributed by atoms with van der Waals surface area (Å²) < 4.78 is 31.1.